The molecule has 2 aromatic rings. The van der Waals surface area contributed by atoms with Crippen molar-refractivity contribution in [1.82, 2.24) is 0 Å². The van der Waals surface area contributed by atoms with Crippen LogP contribution in [0.3, 0.4) is 0 Å². The highest BCUT2D eigenvalue weighted by Crippen LogP contribution is 2.36. The number of esters is 1. The summed E-state index contributed by atoms with van der Waals surface area (Å²) in [5, 5.41) is 19.7. The van der Waals surface area contributed by atoms with Crippen LogP contribution in [-0.2, 0) is 4.79 Å². The molecule has 7 nitrogen and oxygen atoms in total. The van der Waals surface area contributed by atoms with Gasteiger partial charge >= 0.3 is 5.97 Å². The highest BCUT2D eigenvalue weighted by molar-refractivity contribution is 6.32. The van der Waals surface area contributed by atoms with Crippen LogP contribution in [0.4, 0.5) is 5.69 Å². The molecule has 0 fully saturated rings. The van der Waals surface area contributed by atoms with Crippen molar-refractivity contribution in [1.29, 1.82) is 5.26 Å². The van der Waals surface area contributed by atoms with Crippen LogP contribution in [0.15, 0.2) is 42.5 Å². The molecular weight excluding hydrogens is 348 g/mol. The summed E-state index contributed by atoms with van der Waals surface area (Å²) in [7, 11) is 1.35. The average Bonchev–Trinajstić information content (AvgIpc) is 2.61. The van der Waals surface area contributed by atoms with E-state index in [0.717, 1.165) is 6.08 Å². The number of rotatable bonds is 5. The van der Waals surface area contributed by atoms with Crippen LogP contribution in [0, 0.1) is 21.4 Å². The number of methoxy groups -OCH3 is 1. The van der Waals surface area contributed by atoms with Crippen LogP contribution >= 0.6 is 11.6 Å². The number of non-ortho nitro benzene ring substituents is 1. The van der Waals surface area contributed by atoms with Crippen molar-refractivity contribution in [2.24, 2.45) is 0 Å². The average molecular weight is 359 g/mol. The molecule has 0 saturated carbocycles. The number of carbonyl (C=O) groups excluding carboxylic acids is 1. The molecule has 126 valence electrons. The van der Waals surface area contributed by atoms with E-state index < -0.39 is 10.9 Å². The van der Waals surface area contributed by atoms with Crippen LogP contribution in [0.2, 0.25) is 5.02 Å². The van der Waals surface area contributed by atoms with E-state index in [-0.39, 0.29) is 27.8 Å². The lowest BCUT2D eigenvalue weighted by atomic mass is 10.2. The third-order valence-electron chi connectivity index (χ3n) is 3.05. The van der Waals surface area contributed by atoms with Crippen molar-refractivity contribution in [3.63, 3.8) is 0 Å². The lowest BCUT2D eigenvalue weighted by Gasteiger charge is -2.10. The highest BCUT2D eigenvalue weighted by atomic mass is 35.5. The summed E-state index contributed by atoms with van der Waals surface area (Å²) in [5.74, 6) is -0.630. The Balaban J connectivity index is 2.19. The highest BCUT2D eigenvalue weighted by Gasteiger charge is 2.15. The van der Waals surface area contributed by atoms with Gasteiger partial charge in [-0.25, -0.2) is 4.79 Å². The van der Waals surface area contributed by atoms with Gasteiger partial charge in [0, 0.05) is 24.3 Å². The Kier molecular flexibility index (Phi) is 5.71. The van der Waals surface area contributed by atoms with Crippen LogP contribution in [-0.4, -0.2) is 18.0 Å². The van der Waals surface area contributed by atoms with Gasteiger partial charge in [-0.1, -0.05) is 23.7 Å². The SMILES string of the molecule is COc1cc(C#N)cc(Cl)c1OC(=O)/C=C/c1cccc([N+](=O)[O-])c1. The maximum atomic E-state index is 12.0. The van der Waals surface area contributed by atoms with Crippen LogP contribution in [0.5, 0.6) is 11.5 Å². The second-order valence-corrected chi connectivity index (χ2v) is 5.11. The third kappa shape index (κ3) is 4.56. The van der Waals surface area contributed by atoms with Crippen molar-refractivity contribution < 1.29 is 19.2 Å². The zero-order valence-corrected chi connectivity index (χ0v) is 13.7. The molecule has 0 radical (unpaired) electrons. The van der Waals surface area contributed by atoms with Crippen molar-refractivity contribution >= 4 is 29.3 Å². The summed E-state index contributed by atoms with van der Waals surface area (Å²) in [6.07, 6.45) is 2.48. The summed E-state index contributed by atoms with van der Waals surface area (Å²) in [6.45, 7) is 0. The molecule has 8 heteroatoms. The van der Waals surface area contributed by atoms with Crippen molar-refractivity contribution in [3.8, 4) is 17.6 Å². The molecule has 0 amide bonds. The summed E-state index contributed by atoms with van der Waals surface area (Å²) in [5.41, 5.74) is 0.630. The minimum Gasteiger partial charge on any atom is -0.493 e. The third-order valence-corrected chi connectivity index (χ3v) is 3.33. The smallest absolute Gasteiger partial charge is 0.336 e. The van der Waals surface area contributed by atoms with Crippen molar-refractivity contribution in [3.05, 3.63) is 68.7 Å². The number of ether oxygens (including phenoxy) is 2. The van der Waals surface area contributed by atoms with Gasteiger partial charge in [-0.2, -0.15) is 5.26 Å². The lowest BCUT2D eigenvalue weighted by molar-refractivity contribution is -0.384. The molecule has 0 aliphatic rings. The Labute approximate surface area is 147 Å². The van der Waals surface area contributed by atoms with E-state index in [4.69, 9.17) is 26.3 Å². The summed E-state index contributed by atoms with van der Waals surface area (Å²) in [6, 6.07) is 10.4. The number of halogens is 1. The topological polar surface area (TPSA) is 102 Å². The molecule has 0 spiro atoms. The first-order valence-corrected chi connectivity index (χ1v) is 7.24. The standard InChI is InChI=1S/C17H11ClN2O5/c1-24-15-9-12(10-19)8-14(18)17(15)25-16(21)6-5-11-3-2-4-13(7-11)20(22)23/h2-9H,1H3/b6-5+. The number of benzene rings is 2. The molecule has 0 aliphatic heterocycles. The number of carbonyl (C=O) groups is 1. The number of nitriles is 1. The Morgan fingerprint density at radius 2 is 2.12 bits per heavy atom. The molecule has 25 heavy (non-hydrogen) atoms. The van der Waals surface area contributed by atoms with Gasteiger partial charge in [0.1, 0.15) is 0 Å². The van der Waals surface area contributed by atoms with E-state index in [1.165, 1.54) is 43.5 Å². The first kappa shape index (κ1) is 18.0. The maximum Gasteiger partial charge on any atom is 0.336 e. The predicted octanol–water partition coefficient (Wildman–Crippen LogP) is 3.75. The fourth-order valence-electron chi connectivity index (χ4n) is 1.92. The van der Waals surface area contributed by atoms with E-state index in [2.05, 4.69) is 0 Å². The van der Waals surface area contributed by atoms with Gasteiger partial charge < -0.3 is 9.47 Å². The van der Waals surface area contributed by atoms with E-state index >= 15 is 0 Å². The Bertz CT molecular complexity index is 902. The van der Waals surface area contributed by atoms with Gasteiger partial charge in [0.2, 0.25) is 0 Å². The molecule has 0 N–H and O–H groups in total. The van der Waals surface area contributed by atoms with Gasteiger partial charge in [-0.15, -0.1) is 0 Å². The number of nitro benzene ring substituents is 1. The largest absolute Gasteiger partial charge is 0.493 e. The van der Waals surface area contributed by atoms with Gasteiger partial charge in [-0.3, -0.25) is 10.1 Å². The molecule has 0 heterocycles. The number of nitrogens with zero attached hydrogens (tertiary/aromatic N) is 2. The first-order valence-electron chi connectivity index (χ1n) is 6.86. The number of hydrogen-bond acceptors (Lipinski definition) is 6. The van der Waals surface area contributed by atoms with E-state index in [1.807, 2.05) is 6.07 Å². The molecular formula is C17H11ClN2O5. The quantitative estimate of drug-likeness (QED) is 0.265. The fraction of sp³-hybridized carbons (Fsp3) is 0.0588. The minimum atomic E-state index is -0.753. The van der Waals surface area contributed by atoms with E-state index in [1.54, 1.807) is 6.07 Å². The first-order chi connectivity index (χ1) is 11.9. The summed E-state index contributed by atoms with van der Waals surface area (Å²) in [4.78, 5) is 22.2. The Morgan fingerprint density at radius 3 is 2.76 bits per heavy atom. The van der Waals surface area contributed by atoms with Gasteiger partial charge in [0.25, 0.3) is 5.69 Å². The van der Waals surface area contributed by atoms with Crippen LogP contribution in [0.25, 0.3) is 6.08 Å². The lowest BCUT2D eigenvalue weighted by Crippen LogP contribution is -2.06. The van der Waals surface area contributed by atoms with Crippen molar-refractivity contribution in [2.45, 2.75) is 0 Å². The van der Waals surface area contributed by atoms with Crippen LogP contribution < -0.4 is 9.47 Å². The molecule has 0 aromatic heterocycles. The van der Waals surface area contributed by atoms with E-state index in [9.17, 15) is 14.9 Å². The zero-order chi connectivity index (χ0) is 18.4. The molecule has 0 atom stereocenters. The minimum absolute atomic E-state index is 0.0168. The van der Waals surface area contributed by atoms with Gasteiger partial charge in [0.05, 0.1) is 28.7 Å². The fourth-order valence-corrected chi connectivity index (χ4v) is 2.17. The van der Waals surface area contributed by atoms with E-state index in [0.29, 0.717) is 5.56 Å². The molecule has 2 aromatic carbocycles. The molecule has 0 saturated heterocycles. The normalized spacial score (nSPS) is 10.3. The Morgan fingerprint density at radius 1 is 1.36 bits per heavy atom. The number of nitro groups is 1. The summed E-state index contributed by atoms with van der Waals surface area (Å²) >= 11 is 6.00. The molecule has 0 unspecified atom stereocenters. The second-order valence-electron chi connectivity index (χ2n) is 4.71. The predicted molar refractivity (Wildman–Crippen MR) is 90.5 cm³/mol. The van der Waals surface area contributed by atoms with Crippen molar-refractivity contribution in [2.75, 3.05) is 7.11 Å². The molecule has 2 rings (SSSR count). The number of hydrogen-bond donors (Lipinski definition) is 0. The van der Waals surface area contributed by atoms with Gasteiger partial charge in [0.15, 0.2) is 11.5 Å². The van der Waals surface area contributed by atoms with Gasteiger partial charge in [-0.05, 0) is 17.7 Å². The zero-order valence-electron chi connectivity index (χ0n) is 12.9. The molecule has 0 aliphatic carbocycles. The second kappa shape index (κ2) is 7.95. The van der Waals surface area contributed by atoms with Crippen LogP contribution in [0.1, 0.15) is 11.1 Å². The Hall–Kier alpha value is -3.37. The maximum absolute atomic E-state index is 12.0. The monoisotopic (exact) mass is 358 g/mol. The summed E-state index contributed by atoms with van der Waals surface area (Å²) < 4.78 is 10.2. The molecule has 0 bridgehead atoms.